The zero-order chi connectivity index (χ0) is 12.0. The lowest BCUT2D eigenvalue weighted by atomic mass is 10.0. The minimum Gasteiger partial charge on any atom is -0.396 e. The molecule has 0 bridgehead atoms. The lowest BCUT2D eigenvalue weighted by molar-refractivity contribution is -0.113. The van der Waals surface area contributed by atoms with Crippen LogP contribution in [-0.4, -0.2) is 17.5 Å². The van der Waals surface area contributed by atoms with Gasteiger partial charge in [-0.1, -0.05) is 35.9 Å². The van der Waals surface area contributed by atoms with Crippen molar-refractivity contribution < 1.29 is 9.90 Å². The fraction of sp³-hybridized carbons (Fsp3) is 0.357. The Balaban J connectivity index is 2.76. The van der Waals surface area contributed by atoms with Crippen molar-refractivity contribution in [2.24, 2.45) is 0 Å². The summed E-state index contributed by atoms with van der Waals surface area (Å²) in [5, 5.41) is 8.74. The molecule has 0 aromatic heterocycles. The first kappa shape index (κ1) is 12.7. The Kier molecular flexibility index (Phi) is 4.93. The molecule has 0 fully saturated rings. The molecule has 0 aliphatic carbocycles. The van der Waals surface area contributed by atoms with Crippen molar-refractivity contribution in [1.82, 2.24) is 0 Å². The third kappa shape index (κ3) is 3.99. The van der Waals surface area contributed by atoms with Gasteiger partial charge < -0.3 is 5.11 Å². The van der Waals surface area contributed by atoms with Crippen LogP contribution in [0.1, 0.15) is 24.5 Å². The number of benzene rings is 1. The van der Waals surface area contributed by atoms with Crippen LogP contribution >= 0.6 is 0 Å². The van der Waals surface area contributed by atoms with E-state index in [9.17, 15) is 4.79 Å². The molecule has 2 nitrogen and oxygen atoms in total. The molecule has 0 saturated heterocycles. The molecule has 0 aliphatic rings. The predicted octanol–water partition coefficient (Wildman–Crippen LogP) is 2.44. The highest BCUT2D eigenvalue weighted by atomic mass is 16.2. The summed E-state index contributed by atoms with van der Waals surface area (Å²) in [6, 6.07) is 8.15. The molecule has 0 atom stereocenters. The van der Waals surface area contributed by atoms with Crippen molar-refractivity contribution >= 4 is 5.78 Å². The fourth-order valence-corrected chi connectivity index (χ4v) is 1.50. The van der Waals surface area contributed by atoms with Gasteiger partial charge in [-0.15, -0.1) is 0 Å². The Hall–Kier alpha value is -1.41. The minimum atomic E-state index is 0.0778. The van der Waals surface area contributed by atoms with Crippen molar-refractivity contribution in [1.29, 1.82) is 0 Å². The average Bonchev–Trinajstić information content (AvgIpc) is 2.26. The molecular formula is C14H18O2. The van der Waals surface area contributed by atoms with Gasteiger partial charge in [0.1, 0.15) is 0 Å². The van der Waals surface area contributed by atoms with Gasteiger partial charge >= 0.3 is 0 Å². The van der Waals surface area contributed by atoms with Crippen LogP contribution in [0, 0.1) is 6.92 Å². The van der Waals surface area contributed by atoms with Gasteiger partial charge in [-0.05, 0) is 31.4 Å². The molecule has 0 amide bonds. The van der Waals surface area contributed by atoms with Gasteiger partial charge in [0.05, 0.1) is 0 Å². The highest BCUT2D eigenvalue weighted by molar-refractivity contribution is 5.93. The number of ketones is 1. The molecule has 0 spiro atoms. The Morgan fingerprint density at radius 1 is 1.31 bits per heavy atom. The second-order valence-electron chi connectivity index (χ2n) is 3.96. The van der Waals surface area contributed by atoms with Crippen molar-refractivity contribution in [3.05, 3.63) is 47.0 Å². The van der Waals surface area contributed by atoms with E-state index in [1.807, 2.05) is 37.3 Å². The standard InChI is InChI=1S/C14H18O2/c1-11-5-7-13(8-6-11)10-14(12(2)16)4-3-9-15/h4-8,15H,3,9-10H2,1-2H3/b14-4+. The second-order valence-corrected chi connectivity index (χ2v) is 3.96. The number of Topliss-reactive ketones (excluding diaryl/α,β-unsaturated/α-hetero) is 1. The zero-order valence-corrected chi connectivity index (χ0v) is 9.86. The predicted molar refractivity (Wildman–Crippen MR) is 65.3 cm³/mol. The SMILES string of the molecule is CC(=O)/C(=C/CCO)Cc1ccc(C)cc1. The Labute approximate surface area is 96.6 Å². The summed E-state index contributed by atoms with van der Waals surface area (Å²) >= 11 is 0. The molecule has 0 radical (unpaired) electrons. The van der Waals surface area contributed by atoms with Crippen molar-refractivity contribution in [3.8, 4) is 0 Å². The van der Waals surface area contributed by atoms with Gasteiger partial charge in [-0.3, -0.25) is 4.79 Å². The maximum atomic E-state index is 11.4. The van der Waals surface area contributed by atoms with Gasteiger partial charge in [-0.25, -0.2) is 0 Å². The van der Waals surface area contributed by atoms with Crippen LogP contribution in [-0.2, 0) is 11.2 Å². The van der Waals surface area contributed by atoms with Crippen LogP contribution in [0.15, 0.2) is 35.9 Å². The van der Waals surface area contributed by atoms with Crippen LogP contribution < -0.4 is 0 Å². The molecule has 1 rings (SSSR count). The summed E-state index contributed by atoms with van der Waals surface area (Å²) in [6.07, 6.45) is 3.01. The third-order valence-electron chi connectivity index (χ3n) is 2.49. The number of hydrogen-bond donors (Lipinski definition) is 1. The first-order valence-electron chi connectivity index (χ1n) is 5.50. The van der Waals surface area contributed by atoms with Crippen LogP contribution in [0.3, 0.4) is 0 Å². The summed E-state index contributed by atoms with van der Waals surface area (Å²) in [4.78, 5) is 11.4. The highest BCUT2D eigenvalue weighted by Crippen LogP contribution is 2.11. The minimum absolute atomic E-state index is 0.0778. The number of aliphatic hydroxyl groups excluding tert-OH is 1. The van der Waals surface area contributed by atoms with Gasteiger partial charge in [-0.2, -0.15) is 0 Å². The van der Waals surface area contributed by atoms with Crippen LogP contribution in [0.2, 0.25) is 0 Å². The Morgan fingerprint density at radius 3 is 2.44 bits per heavy atom. The van der Waals surface area contributed by atoms with E-state index in [0.717, 1.165) is 11.1 Å². The molecule has 2 heteroatoms. The topological polar surface area (TPSA) is 37.3 Å². The van der Waals surface area contributed by atoms with Crippen molar-refractivity contribution in [2.45, 2.75) is 26.7 Å². The number of carbonyl (C=O) groups is 1. The Bertz CT molecular complexity index is 374. The fourth-order valence-electron chi connectivity index (χ4n) is 1.50. The maximum absolute atomic E-state index is 11.4. The quantitative estimate of drug-likeness (QED) is 0.771. The van der Waals surface area contributed by atoms with Crippen LogP contribution in [0.5, 0.6) is 0 Å². The maximum Gasteiger partial charge on any atom is 0.155 e. The van der Waals surface area contributed by atoms with E-state index in [0.29, 0.717) is 12.8 Å². The van der Waals surface area contributed by atoms with E-state index >= 15 is 0 Å². The van der Waals surface area contributed by atoms with E-state index in [-0.39, 0.29) is 12.4 Å². The summed E-state index contributed by atoms with van der Waals surface area (Å²) in [6.45, 7) is 3.69. The zero-order valence-electron chi connectivity index (χ0n) is 9.86. The van der Waals surface area contributed by atoms with Crippen LogP contribution in [0.4, 0.5) is 0 Å². The number of aryl methyl sites for hydroxylation is 1. The van der Waals surface area contributed by atoms with Gasteiger partial charge in [0, 0.05) is 13.0 Å². The molecule has 1 aromatic carbocycles. The highest BCUT2D eigenvalue weighted by Gasteiger charge is 2.04. The number of allylic oxidation sites excluding steroid dienone is 1. The molecule has 86 valence electrons. The van der Waals surface area contributed by atoms with E-state index in [1.54, 1.807) is 6.92 Å². The molecule has 0 saturated carbocycles. The van der Waals surface area contributed by atoms with Crippen LogP contribution in [0.25, 0.3) is 0 Å². The summed E-state index contributed by atoms with van der Waals surface area (Å²) in [5.41, 5.74) is 3.12. The van der Waals surface area contributed by atoms with E-state index in [2.05, 4.69) is 0 Å². The molecule has 1 N–H and O–H groups in total. The lowest BCUT2D eigenvalue weighted by Crippen LogP contribution is -2.01. The van der Waals surface area contributed by atoms with E-state index < -0.39 is 0 Å². The molecular weight excluding hydrogens is 200 g/mol. The van der Waals surface area contributed by atoms with Gasteiger partial charge in [0.2, 0.25) is 0 Å². The molecule has 0 unspecified atom stereocenters. The lowest BCUT2D eigenvalue weighted by Gasteiger charge is -2.04. The monoisotopic (exact) mass is 218 g/mol. The third-order valence-corrected chi connectivity index (χ3v) is 2.49. The van der Waals surface area contributed by atoms with Crippen molar-refractivity contribution in [2.75, 3.05) is 6.61 Å². The first-order chi connectivity index (χ1) is 7.63. The largest absolute Gasteiger partial charge is 0.396 e. The molecule has 16 heavy (non-hydrogen) atoms. The summed E-state index contributed by atoms with van der Waals surface area (Å²) in [5.74, 6) is 0.0778. The summed E-state index contributed by atoms with van der Waals surface area (Å²) < 4.78 is 0. The average molecular weight is 218 g/mol. The number of carbonyl (C=O) groups excluding carboxylic acids is 1. The van der Waals surface area contributed by atoms with E-state index in [1.165, 1.54) is 5.56 Å². The molecule has 0 aliphatic heterocycles. The summed E-state index contributed by atoms with van der Waals surface area (Å²) in [7, 11) is 0. The molecule has 1 aromatic rings. The normalized spacial score (nSPS) is 11.6. The first-order valence-corrected chi connectivity index (χ1v) is 5.50. The van der Waals surface area contributed by atoms with Crippen molar-refractivity contribution in [3.63, 3.8) is 0 Å². The van der Waals surface area contributed by atoms with Gasteiger partial charge in [0.15, 0.2) is 5.78 Å². The van der Waals surface area contributed by atoms with E-state index in [4.69, 9.17) is 5.11 Å². The Morgan fingerprint density at radius 2 is 1.94 bits per heavy atom. The molecule has 0 heterocycles. The number of aliphatic hydroxyl groups is 1. The smallest absolute Gasteiger partial charge is 0.155 e. The second kappa shape index (κ2) is 6.23. The number of hydrogen-bond acceptors (Lipinski definition) is 2. The number of rotatable bonds is 5. The van der Waals surface area contributed by atoms with Gasteiger partial charge in [0.25, 0.3) is 0 Å².